The summed E-state index contributed by atoms with van der Waals surface area (Å²) in [6.07, 6.45) is -3.28. The van der Waals surface area contributed by atoms with Crippen molar-refractivity contribution in [2.75, 3.05) is 30.3 Å². The van der Waals surface area contributed by atoms with Crippen molar-refractivity contribution in [2.24, 2.45) is 5.41 Å². The largest absolute Gasteiger partial charge is 0.454 e. The summed E-state index contributed by atoms with van der Waals surface area (Å²) in [5.74, 6) is -1.14. The first-order chi connectivity index (χ1) is 23.1. The first-order valence-corrected chi connectivity index (χ1v) is 15.5. The molecule has 0 aliphatic carbocycles. The van der Waals surface area contributed by atoms with E-state index >= 15 is 0 Å². The van der Waals surface area contributed by atoms with E-state index in [-0.39, 0.29) is 42.5 Å². The Labute approximate surface area is 286 Å². The number of benzene rings is 2. The molecule has 0 atom stereocenters. The van der Waals surface area contributed by atoms with E-state index in [1.54, 1.807) is 36.4 Å². The van der Waals surface area contributed by atoms with Gasteiger partial charge in [-0.2, -0.15) is 23.1 Å². The number of hydrogen-bond donors (Lipinski definition) is 4. The van der Waals surface area contributed by atoms with Crippen molar-refractivity contribution in [2.45, 2.75) is 39.9 Å². The van der Waals surface area contributed by atoms with Crippen LogP contribution >= 0.6 is 11.6 Å². The molecule has 0 spiro atoms. The maximum atomic E-state index is 12.8. The van der Waals surface area contributed by atoms with Crippen molar-refractivity contribution in [3.63, 3.8) is 0 Å². The normalized spacial score (nSPS) is 11.4. The van der Waals surface area contributed by atoms with Crippen LogP contribution < -0.4 is 26.0 Å². The lowest BCUT2D eigenvalue weighted by molar-refractivity contribution is -0.154. The number of Topliss-reactive ketones (excluding diaryl/α,β-unsaturated/α-hetero) is 1. The van der Waals surface area contributed by atoms with Crippen LogP contribution in [-0.4, -0.2) is 58.4 Å². The van der Waals surface area contributed by atoms with Gasteiger partial charge in [0.15, 0.2) is 6.61 Å². The molecule has 49 heavy (non-hydrogen) atoms. The van der Waals surface area contributed by atoms with Crippen molar-refractivity contribution < 1.29 is 32.3 Å². The second-order valence-electron chi connectivity index (χ2n) is 12.0. The highest BCUT2D eigenvalue weighted by molar-refractivity contribution is 6.36. The fraction of sp³-hybridized carbons (Fsp3) is 0.294. The molecule has 0 aliphatic rings. The van der Waals surface area contributed by atoms with Crippen LogP contribution in [0, 0.1) is 12.3 Å². The summed E-state index contributed by atoms with van der Waals surface area (Å²) in [6.45, 7) is 4.65. The van der Waals surface area contributed by atoms with Gasteiger partial charge < -0.3 is 26.0 Å². The quantitative estimate of drug-likeness (QED) is 0.113. The lowest BCUT2D eigenvalue weighted by atomic mass is 9.93. The summed E-state index contributed by atoms with van der Waals surface area (Å²) < 4.78 is 43.2. The first kappa shape index (κ1) is 36.6. The second kappa shape index (κ2) is 16.2. The standard InChI is InChI=1S/C34H35ClF3N7O4/c1-21-4-6-22(7-5-21)14-26(46)31(48)42-19-33(2,3)18-41-30(47)24-10-13-27(40-17-24)43-29-15-28(39-16-23-8-11-25(35)12-9-23)44-32(45-29)49-20-34(36,37)38/h4-13,15,17H,14,16,18-20H2,1-3H3,(H,41,47)(H,42,48)(H2,39,40,43,44,45). The van der Waals surface area contributed by atoms with Gasteiger partial charge in [0.05, 0.1) is 5.56 Å². The highest BCUT2D eigenvalue weighted by Crippen LogP contribution is 2.23. The number of pyridine rings is 1. The third kappa shape index (κ3) is 12.4. The van der Waals surface area contributed by atoms with E-state index in [4.69, 9.17) is 16.3 Å². The predicted molar refractivity (Wildman–Crippen MR) is 179 cm³/mol. The van der Waals surface area contributed by atoms with Crippen molar-refractivity contribution in [3.8, 4) is 6.01 Å². The lowest BCUT2D eigenvalue weighted by Crippen LogP contribution is -2.44. The van der Waals surface area contributed by atoms with Crippen LogP contribution in [0.2, 0.25) is 5.02 Å². The summed E-state index contributed by atoms with van der Waals surface area (Å²) in [6, 6.07) is 18.3. The van der Waals surface area contributed by atoms with Crippen LogP contribution in [0.1, 0.15) is 40.9 Å². The molecular formula is C34H35ClF3N7O4. The number of halogens is 4. The number of aryl methyl sites for hydroxylation is 1. The van der Waals surface area contributed by atoms with E-state index in [0.717, 1.165) is 16.7 Å². The molecule has 0 saturated heterocycles. The van der Waals surface area contributed by atoms with Gasteiger partial charge in [0.2, 0.25) is 5.78 Å². The van der Waals surface area contributed by atoms with E-state index < -0.39 is 41.8 Å². The molecule has 2 aromatic heterocycles. The Hall–Kier alpha value is -5.24. The van der Waals surface area contributed by atoms with Gasteiger partial charge in [0.25, 0.3) is 11.8 Å². The molecule has 4 rings (SSSR count). The van der Waals surface area contributed by atoms with Crippen molar-refractivity contribution in [1.82, 2.24) is 25.6 Å². The monoisotopic (exact) mass is 697 g/mol. The Balaban J connectivity index is 1.31. The second-order valence-corrected chi connectivity index (χ2v) is 12.4. The summed E-state index contributed by atoms with van der Waals surface area (Å²) >= 11 is 5.92. The summed E-state index contributed by atoms with van der Waals surface area (Å²) in [5.41, 5.74) is 2.31. The average molecular weight is 698 g/mol. The van der Waals surface area contributed by atoms with Crippen LogP contribution in [0.3, 0.4) is 0 Å². The molecule has 11 nitrogen and oxygen atoms in total. The minimum Gasteiger partial charge on any atom is -0.454 e. The number of rotatable bonds is 15. The fourth-order valence-electron chi connectivity index (χ4n) is 4.19. The number of hydrogen-bond acceptors (Lipinski definition) is 9. The summed E-state index contributed by atoms with van der Waals surface area (Å²) in [5, 5.41) is 11.9. The van der Waals surface area contributed by atoms with Gasteiger partial charge in [-0.3, -0.25) is 14.4 Å². The molecule has 0 unspecified atom stereocenters. The molecule has 4 N–H and O–H groups in total. The summed E-state index contributed by atoms with van der Waals surface area (Å²) in [7, 11) is 0. The van der Waals surface area contributed by atoms with E-state index in [0.29, 0.717) is 11.6 Å². The predicted octanol–water partition coefficient (Wildman–Crippen LogP) is 5.81. The van der Waals surface area contributed by atoms with Gasteiger partial charge in [0.1, 0.15) is 17.5 Å². The Morgan fingerprint density at radius 3 is 2.14 bits per heavy atom. The molecule has 0 bridgehead atoms. The lowest BCUT2D eigenvalue weighted by Gasteiger charge is -2.25. The molecule has 4 aromatic rings. The van der Waals surface area contributed by atoms with Crippen molar-refractivity contribution in [1.29, 1.82) is 0 Å². The molecule has 2 aromatic carbocycles. The van der Waals surface area contributed by atoms with E-state index in [2.05, 4.69) is 36.2 Å². The fourth-order valence-corrected chi connectivity index (χ4v) is 4.32. The Morgan fingerprint density at radius 1 is 0.837 bits per heavy atom. The number of ether oxygens (including phenoxy) is 1. The Morgan fingerprint density at radius 2 is 1.49 bits per heavy atom. The molecule has 2 heterocycles. The third-order valence-corrected chi connectivity index (χ3v) is 7.18. The topological polar surface area (TPSA) is 147 Å². The molecule has 0 radical (unpaired) electrons. The number of ketones is 1. The van der Waals surface area contributed by atoms with Crippen molar-refractivity contribution in [3.05, 3.63) is 100 Å². The smallest absolute Gasteiger partial charge is 0.422 e. The van der Waals surface area contributed by atoms with E-state index in [9.17, 15) is 27.6 Å². The third-order valence-electron chi connectivity index (χ3n) is 6.93. The highest BCUT2D eigenvalue weighted by atomic mass is 35.5. The molecular weight excluding hydrogens is 663 g/mol. The maximum Gasteiger partial charge on any atom is 0.422 e. The van der Waals surface area contributed by atoms with Crippen LogP contribution in [0.4, 0.5) is 30.6 Å². The zero-order valence-electron chi connectivity index (χ0n) is 27.0. The number of carbonyl (C=O) groups excluding carboxylic acids is 3. The van der Waals surface area contributed by atoms with Gasteiger partial charge in [0, 0.05) is 43.3 Å². The van der Waals surface area contributed by atoms with Crippen molar-refractivity contribution >= 4 is 46.7 Å². The van der Waals surface area contributed by atoms with Crippen LogP contribution in [0.5, 0.6) is 6.01 Å². The minimum absolute atomic E-state index is 0.00622. The zero-order chi connectivity index (χ0) is 35.6. The van der Waals surface area contributed by atoms with Crippen LogP contribution in [-0.2, 0) is 22.6 Å². The summed E-state index contributed by atoms with van der Waals surface area (Å²) in [4.78, 5) is 49.8. The number of alkyl halides is 3. The van der Waals surface area contributed by atoms with E-state index in [1.165, 1.54) is 24.4 Å². The molecule has 2 amide bonds. The Bertz CT molecular complexity index is 1750. The SMILES string of the molecule is Cc1ccc(CC(=O)C(=O)NCC(C)(C)CNC(=O)c2ccc(Nc3cc(NCc4ccc(Cl)cc4)nc(OCC(F)(F)F)n3)nc2)cc1. The number of nitrogens with zero attached hydrogens (tertiary/aromatic N) is 3. The molecule has 0 aliphatic heterocycles. The van der Waals surface area contributed by atoms with Crippen LogP contribution in [0.15, 0.2) is 72.9 Å². The number of amides is 2. The van der Waals surface area contributed by atoms with Gasteiger partial charge in [-0.1, -0.05) is 67.4 Å². The minimum atomic E-state index is -4.59. The molecule has 258 valence electrons. The van der Waals surface area contributed by atoms with Gasteiger partial charge in [-0.15, -0.1) is 0 Å². The van der Waals surface area contributed by atoms with Gasteiger partial charge in [-0.25, -0.2) is 4.98 Å². The van der Waals surface area contributed by atoms with Gasteiger partial charge in [-0.05, 0) is 47.7 Å². The number of nitrogens with one attached hydrogen (secondary N) is 4. The van der Waals surface area contributed by atoms with E-state index in [1.807, 2.05) is 32.9 Å². The Kier molecular flexibility index (Phi) is 12.1. The number of aromatic nitrogens is 3. The molecule has 0 fully saturated rings. The number of anilines is 3. The maximum absolute atomic E-state index is 12.8. The number of carbonyl (C=O) groups is 3. The molecule has 0 saturated carbocycles. The highest BCUT2D eigenvalue weighted by Gasteiger charge is 2.29. The molecule has 15 heteroatoms. The van der Waals surface area contributed by atoms with Crippen LogP contribution in [0.25, 0.3) is 0 Å². The average Bonchev–Trinajstić information content (AvgIpc) is 3.06. The first-order valence-electron chi connectivity index (χ1n) is 15.1. The zero-order valence-corrected chi connectivity index (χ0v) is 27.7. The van der Waals surface area contributed by atoms with Gasteiger partial charge >= 0.3 is 12.2 Å².